The molecule has 0 spiro atoms. The van der Waals surface area contributed by atoms with Crippen LogP contribution in [0.5, 0.6) is 0 Å². The van der Waals surface area contributed by atoms with Gasteiger partial charge in [-0.15, -0.1) is 11.8 Å². The van der Waals surface area contributed by atoms with Crippen LogP contribution in [-0.4, -0.2) is 34.2 Å². The van der Waals surface area contributed by atoms with Crippen molar-refractivity contribution >= 4 is 28.6 Å². The van der Waals surface area contributed by atoms with Gasteiger partial charge in [0.2, 0.25) is 5.91 Å². The van der Waals surface area contributed by atoms with Crippen LogP contribution in [0.3, 0.4) is 0 Å². The van der Waals surface area contributed by atoms with Gasteiger partial charge < -0.3 is 9.47 Å². The summed E-state index contributed by atoms with van der Waals surface area (Å²) in [7, 11) is 1.78. The number of thioether (sulfide) groups is 1. The number of benzene rings is 1. The van der Waals surface area contributed by atoms with E-state index in [1.54, 1.807) is 17.7 Å². The summed E-state index contributed by atoms with van der Waals surface area (Å²) in [6, 6.07) is 9.49. The summed E-state index contributed by atoms with van der Waals surface area (Å²) in [5, 5.41) is 1.03. The molecule has 0 N–H and O–H groups in total. The van der Waals surface area contributed by atoms with Crippen LogP contribution in [-0.2, 0) is 11.8 Å². The number of hydrogen-bond donors (Lipinski definition) is 0. The summed E-state index contributed by atoms with van der Waals surface area (Å²) < 4.78 is 1.65. The Hall–Kier alpha value is -1.75. The molecule has 0 aliphatic carbocycles. The second kappa shape index (κ2) is 7.21. The number of nitrogens with zero attached hydrogens (tertiary/aromatic N) is 2. The third kappa shape index (κ3) is 3.61. The van der Waals surface area contributed by atoms with E-state index >= 15 is 0 Å². The smallest absolute Gasteiger partial charge is 0.251 e. The first kappa shape index (κ1) is 16.1. The first-order chi connectivity index (χ1) is 11.2. The molecule has 0 unspecified atom stereocenters. The zero-order valence-corrected chi connectivity index (χ0v) is 14.3. The molecule has 0 radical (unpaired) electrons. The largest absolute Gasteiger partial charge is 0.342 e. The third-order valence-corrected chi connectivity index (χ3v) is 5.47. The zero-order chi connectivity index (χ0) is 16.2. The summed E-state index contributed by atoms with van der Waals surface area (Å²) in [5.74, 6) is 0.582. The Balaban J connectivity index is 1.78. The highest BCUT2D eigenvalue weighted by atomic mass is 32.2. The van der Waals surface area contributed by atoms with E-state index < -0.39 is 0 Å². The van der Waals surface area contributed by atoms with Gasteiger partial charge in [0.1, 0.15) is 0 Å². The lowest BCUT2D eigenvalue weighted by molar-refractivity contribution is -0.128. The third-order valence-electron chi connectivity index (χ3n) is 4.43. The Morgan fingerprint density at radius 1 is 1.13 bits per heavy atom. The second-order valence-electron chi connectivity index (χ2n) is 6.01. The van der Waals surface area contributed by atoms with Crippen LogP contribution in [0, 0.1) is 0 Å². The van der Waals surface area contributed by atoms with Crippen molar-refractivity contribution in [3.05, 3.63) is 40.7 Å². The molecule has 1 aliphatic heterocycles. The predicted molar refractivity (Wildman–Crippen MR) is 95.0 cm³/mol. The highest BCUT2D eigenvalue weighted by Crippen LogP contribution is 2.26. The van der Waals surface area contributed by atoms with E-state index in [-0.39, 0.29) is 11.5 Å². The molecule has 0 saturated carbocycles. The van der Waals surface area contributed by atoms with E-state index in [1.807, 2.05) is 29.2 Å². The number of carbonyl (C=O) groups excluding carboxylic acids is 1. The van der Waals surface area contributed by atoms with Crippen molar-refractivity contribution in [2.75, 3.05) is 18.8 Å². The van der Waals surface area contributed by atoms with E-state index in [1.165, 1.54) is 24.6 Å². The standard InChI is InChI=1S/C18H22N2O2S/c1-19-15-9-5-4-8-14(15)16(12-17(19)21)23-13-18(22)20-10-6-2-3-7-11-20/h4-5,8-9,12H,2-3,6-7,10-11,13H2,1H3. The molecule has 1 amide bonds. The number of likely N-dealkylation sites (tertiary alicyclic amines) is 1. The van der Waals surface area contributed by atoms with Crippen molar-refractivity contribution in [2.45, 2.75) is 30.6 Å². The average Bonchev–Trinajstić information content (AvgIpc) is 2.86. The van der Waals surface area contributed by atoms with Gasteiger partial charge in [-0.3, -0.25) is 9.59 Å². The van der Waals surface area contributed by atoms with Crippen LogP contribution in [0.4, 0.5) is 0 Å². The van der Waals surface area contributed by atoms with Crippen LogP contribution in [0.2, 0.25) is 0 Å². The number of hydrogen-bond acceptors (Lipinski definition) is 3. The van der Waals surface area contributed by atoms with Gasteiger partial charge in [-0.25, -0.2) is 0 Å². The summed E-state index contributed by atoms with van der Waals surface area (Å²) in [5.41, 5.74) is 0.873. The van der Waals surface area contributed by atoms with E-state index in [0.29, 0.717) is 5.75 Å². The maximum Gasteiger partial charge on any atom is 0.251 e. The minimum absolute atomic E-state index is 0.0339. The number of aryl methyl sites for hydroxylation is 1. The normalized spacial score (nSPS) is 15.6. The topological polar surface area (TPSA) is 42.3 Å². The van der Waals surface area contributed by atoms with E-state index in [4.69, 9.17) is 0 Å². The van der Waals surface area contributed by atoms with Gasteiger partial charge in [0, 0.05) is 36.5 Å². The molecule has 1 fully saturated rings. The molecule has 5 heteroatoms. The van der Waals surface area contributed by atoms with E-state index in [2.05, 4.69) is 0 Å². The van der Waals surface area contributed by atoms with Crippen LogP contribution in [0.25, 0.3) is 10.9 Å². The SMILES string of the molecule is Cn1c(=O)cc(SCC(=O)N2CCCCCC2)c2ccccc21. The van der Waals surface area contributed by atoms with Crippen molar-refractivity contribution in [1.82, 2.24) is 9.47 Å². The van der Waals surface area contributed by atoms with Crippen LogP contribution < -0.4 is 5.56 Å². The minimum atomic E-state index is -0.0339. The van der Waals surface area contributed by atoms with Crippen molar-refractivity contribution in [1.29, 1.82) is 0 Å². The molecule has 23 heavy (non-hydrogen) atoms. The van der Waals surface area contributed by atoms with Crippen LogP contribution in [0.15, 0.2) is 40.0 Å². The lowest BCUT2D eigenvalue weighted by Crippen LogP contribution is -2.33. The molecule has 0 bridgehead atoms. The molecule has 3 rings (SSSR count). The molecule has 122 valence electrons. The Morgan fingerprint density at radius 3 is 2.57 bits per heavy atom. The fraction of sp³-hybridized carbons (Fsp3) is 0.444. The Morgan fingerprint density at radius 2 is 1.83 bits per heavy atom. The second-order valence-corrected chi connectivity index (χ2v) is 7.02. The quantitative estimate of drug-likeness (QED) is 0.813. The number of rotatable bonds is 3. The molecule has 2 heterocycles. The van der Waals surface area contributed by atoms with Gasteiger partial charge in [0.05, 0.1) is 11.3 Å². The molecular formula is C18H22N2O2S. The van der Waals surface area contributed by atoms with Gasteiger partial charge in [0.15, 0.2) is 0 Å². The first-order valence-electron chi connectivity index (χ1n) is 8.16. The highest BCUT2D eigenvalue weighted by molar-refractivity contribution is 8.00. The van der Waals surface area contributed by atoms with Crippen molar-refractivity contribution in [3.63, 3.8) is 0 Å². The molecule has 1 aliphatic rings. The van der Waals surface area contributed by atoms with E-state index in [0.717, 1.165) is 41.7 Å². The fourth-order valence-corrected chi connectivity index (χ4v) is 4.02. The van der Waals surface area contributed by atoms with E-state index in [9.17, 15) is 9.59 Å². The van der Waals surface area contributed by atoms with Gasteiger partial charge in [0.25, 0.3) is 5.56 Å². The summed E-state index contributed by atoms with van der Waals surface area (Å²) >= 11 is 1.48. The molecular weight excluding hydrogens is 308 g/mol. The number of amides is 1. The van der Waals surface area contributed by atoms with Gasteiger partial charge >= 0.3 is 0 Å². The maximum atomic E-state index is 12.4. The lowest BCUT2D eigenvalue weighted by Gasteiger charge is -2.20. The summed E-state index contributed by atoms with van der Waals surface area (Å²) in [4.78, 5) is 27.4. The minimum Gasteiger partial charge on any atom is -0.342 e. The molecule has 2 aromatic rings. The highest BCUT2D eigenvalue weighted by Gasteiger charge is 2.16. The van der Waals surface area contributed by atoms with Crippen molar-refractivity contribution in [3.8, 4) is 0 Å². The molecule has 1 saturated heterocycles. The Kier molecular flexibility index (Phi) is 5.06. The number of aromatic nitrogens is 1. The monoisotopic (exact) mass is 330 g/mol. The van der Waals surface area contributed by atoms with Crippen LogP contribution in [0.1, 0.15) is 25.7 Å². The van der Waals surface area contributed by atoms with Crippen LogP contribution >= 0.6 is 11.8 Å². The molecule has 1 aromatic heterocycles. The number of para-hydroxylation sites is 1. The average molecular weight is 330 g/mol. The molecule has 0 atom stereocenters. The predicted octanol–water partition coefficient (Wildman–Crippen LogP) is 3.03. The number of pyridine rings is 1. The Labute approximate surface area is 140 Å². The fourth-order valence-electron chi connectivity index (χ4n) is 3.05. The summed E-state index contributed by atoms with van der Waals surface area (Å²) in [6.07, 6.45) is 4.64. The number of carbonyl (C=O) groups is 1. The van der Waals surface area contributed by atoms with Crippen molar-refractivity contribution < 1.29 is 4.79 Å². The first-order valence-corrected chi connectivity index (χ1v) is 9.15. The van der Waals surface area contributed by atoms with Gasteiger partial charge in [-0.1, -0.05) is 31.0 Å². The Bertz CT molecular complexity index is 761. The number of fused-ring (bicyclic) bond motifs is 1. The zero-order valence-electron chi connectivity index (χ0n) is 13.5. The molecule has 4 nitrogen and oxygen atoms in total. The van der Waals surface area contributed by atoms with Crippen molar-refractivity contribution in [2.24, 2.45) is 7.05 Å². The van der Waals surface area contributed by atoms with Gasteiger partial charge in [-0.05, 0) is 18.9 Å². The maximum absolute atomic E-state index is 12.4. The lowest BCUT2D eigenvalue weighted by atomic mass is 10.2. The molecule has 1 aromatic carbocycles. The van der Waals surface area contributed by atoms with Gasteiger partial charge in [-0.2, -0.15) is 0 Å². The summed E-state index contributed by atoms with van der Waals surface area (Å²) in [6.45, 7) is 1.74.